The van der Waals surface area contributed by atoms with E-state index in [1.165, 1.54) is 5.56 Å². The summed E-state index contributed by atoms with van der Waals surface area (Å²) in [6, 6.07) is 2.05. The summed E-state index contributed by atoms with van der Waals surface area (Å²) in [5.74, 6) is 1.01. The van der Waals surface area contributed by atoms with Gasteiger partial charge in [0.15, 0.2) is 0 Å². The Labute approximate surface area is 106 Å². The molecule has 0 aromatic carbocycles. The van der Waals surface area contributed by atoms with E-state index in [1.807, 2.05) is 37.0 Å². The molecule has 92 valence electrons. The van der Waals surface area contributed by atoms with Crippen LogP contribution in [-0.2, 0) is 19.1 Å². The van der Waals surface area contributed by atoms with Gasteiger partial charge in [-0.2, -0.15) is 0 Å². The van der Waals surface area contributed by atoms with Gasteiger partial charge in [0, 0.05) is 30.7 Å². The zero-order chi connectivity index (χ0) is 12.5. The van der Waals surface area contributed by atoms with E-state index in [2.05, 4.69) is 11.1 Å². The first-order valence-corrected chi connectivity index (χ1v) is 6.62. The predicted octanol–water partition coefficient (Wildman–Crippen LogP) is 2.63. The third-order valence-electron chi connectivity index (χ3n) is 3.11. The van der Waals surface area contributed by atoms with E-state index in [9.17, 15) is 5.11 Å². The Balaban J connectivity index is 2.08. The second-order valence-corrected chi connectivity index (χ2v) is 5.58. The monoisotopic (exact) mass is 250 g/mol. The van der Waals surface area contributed by atoms with Gasteiger partial charge in [-0.25, -0.2) is 4.98 Å². The molecule has 0 amide bonds. The fraction of sp³-hybridized carbons (Fsp3) is 0.462. The van der Waals surface area contributed by atoms with Crippen molar-refractivity contribution in [3.63, 3.8) is 0 Å². The van der Waals surface area contributed by atoms with Gasteiger partial charge in [-0.3, -0.25) is 0 Å². The minimum absolute atomic E-state index is 0.694. The minimum atomic E-state index is -0.760. The van der Waals surface area contributed by atoms with Gasteiger partial charge < -0.3 is 9.67 Å². The second kappa shape index (κ2) is 4.63. The van der Waals surface area contributed by atoms with Crippen LogP contribution in [0.5, 0.6) is 0 Å². The summed E-state index contributed by atoms with van der Waals surface area (Å²) in [5, 5.41) is 12.5. The van der Waals surface area contributed by atoms with Gasteiger partial charge in [-0.1, -0.05) is 0 Å². The van der Waals surface area contributed by atoms with Crippen molar-refractivity contribution in [2.24, 2.45) is 7.05 Å². The molecule has 0 aliphatic carbocycles. The fourth-order valence-electron chi connectivity index (χ4n) is 2.03. The third-order valence-corrected chi connectivity index (χ3v) is 4.38. The van der Waals surface area contributed by atoms with Gasteiger partial charge in [-0.05, 0) is 37.3 Å². The predicted molar refractivity (Wildman–Crippen MR) is 70.2 cm³/mol. The summed E-state index contributed by atoms with van der Waals surface area (Å²) in [7, 11) is 1.98. The standard InChI is InChI=1S/C13H18N2OS/c1-10-5-9-17-12(10)13(2,16)6-4-11-14-7-8-15(11)3/h5,7-9,16H,4,6H2,1-3H3. The molecule has 0 aliphatic heterocycles. The summed E-state index contributed by atoms with van der Waals surface area (Å²) in [6.07, 6.45) is 5.20. The lowest BCUT2D eigenvalue weighted by molar-refractivity contribution is 0.0506. The first kappa shape index (κ1) is 12.3. The highest BCUT2D eigenvalue weighted by molar-refractivity contribution is 7.10. The number of rotatable bonds is 4. The van der Waals surface area contributed by atoms with Crippen molar-refractivity contribution < 1.29 is 5.11 Å². The molecule has 2 aromatic heterocycles. The maximum atomic E-state index is 10.5. The Morgan fingerprint density at radius 2 is 2.29 bits per heavy atom. The molecule has 1 N–H and O–H groups in total. The molecule has 4 heteroatoms. The number of thiophene rings is 1. The molecule has 0 spiro atoms. The van der Waals surface area contributed by atoms with Gasteiger partial charge in [-0.15, -0.1) is 11.3 Å². The molecule has 0 aliphatic rings. The minimum Gasteiger partial charge on any atom is -0.385 e. The molecule has 0 bridgehead atoms. The number of aliphatic hydroxyl groups is 1. The average molecular weight is 250 g/mol. The molecule has 1 unspecified atom stereocenters. The van der Waals surface area contributed by atoms with Gasteiger partial charge in [0.25, 0.3) is 0 Å². The number of aromatic nitrogens is 2. The van der Waals surface area contributed by atoms with Crippen LogP contribution in [0.25, 0.3) is 0 Å². The van der Waals surface area contributed by atoms with Crippen LogP contribution in [0, 0.1) is 6.92 Å². The van der Waals surface area contributed by atoms with Crippen molar-refractivity contribution in [1.82, 2.24) is 9.55 Å². The Morgan fingerprint density at radius 3 is 2.82 bits per heavy atom. The quantitative estimate of drug-likeness (QED) is 0.906. The van der Waals surface area contributed by atoms with Crippen LogP contribution >= 0.6 is 11.3 Å². The largest absolute Gasteiger partial charge is 0.385 e. The number of imidazole rings is 1. The molecule has 2 rings (SSSR count). The van der Waals surface area contributed by atoms with Crippen molar-refractivity contribution in [2.45, 2.75) is 32.3 Å². The maximum absolute atomic E-state index is 10.5. The molecule has 0 saturated carbocycles. The highest BCUT2D eigenvalue weighted by Crippen LogP contribution is 2.32. The number of aryl methyl sites for hydroxylation is 3. The Kier molecular flexibility index (Phi) is 3.35. The molecule has 2 aromatic rings. The Hall–Kier alpha value is -1.13. The van der Waals surface area contributed by atoms with Crippen LogP contribution < -0.4 is 0 Å². The molecule has 0 radical (unpaired) electrons. The summed E-state index contributed by atoms with van der Waals surface area (Å²) < 4.78 is 2.00. The van der Waals surface area contributed by atoms with E-state index < -0.39 is 5.60 Å². The van der Waals surface area contributed by atoms with Crippen LogP contribution in [0.4, 0.5) is 0 Å². The second-order valence-electron chi connectivity index (χ2n) is 4.66. The Morgan fingerprint density at radius 1 is 1.53 bits per heavy atom. The van der Waals surface area contributed by atoms with Crippen molar-refractivity contribution in [3.05, 3.63) is 40.1 Å². The summed E-state index contributed by atoms with van der Waals surface area (Å²) >= 11 is 1.62. The topological polar surface area (TPSA) is 38.1 Å². The smallest absolute Gasteiger partial charge is 0.108 e. The zero-order valence-corrected chi connectivity index (χ0v) is 11.3. The van der Waals surface area contributed by atoms with E-state index in [0.29, 0.717) is 6.42 Å². The van der Waals surface area contributed by atoms with Crippen LogP contribution in [0.2, 0.25) is 0 Å². The lowest BCUT2D eigenvalue weighted by Gasteiger charge is -2.22. The highest BCUT2D eigenvalue weighted by Gasteiger charge is 2.26. The number of nitrogens with zero attached hydrogens (tertiary/aromatic N) is 2. The van der Waals surface area contributed by atoms with Gasteiger partial charge in [0.1, 0.15) is 5.82 Å². The maximum Gasteiger partial charge on any atom is 0.108 e. The van der Waals surface area contributed by atoms with Crippen molar-refractivity contribution in [2.75, 3.05) is 0 Å². The third kappa shape index (κ3) is 2.58. The molecule has 0 fully saturated rings. The molecule has 3 nitrogen and oxygen atoms in total. The number of hydrogen-bond donors (Lipinski definition) is 1. The van der Waals surface area contributed by atoms with Gasteiger partial charge >= 0.3 is 0 Å². The van der Waals surface area contributed by atoms with E-state index in [0.717, 1.165) is 17.1 Å². The van der Waals surface area contributed by atoms with Crippen LogP contribution in [0.1, 0.15) is 29.6 Å². The Bertz CT molecular complexity index is 499. The van der Waals surface area contributed by atoms with Crippen LogP contribution in [0.3, 0.4) is 0 Å². The highest BCUT2D eigenvalue weighted by atomic mass is 32.1. The lowest BCUT2D eigenvalue weighted by atomic mass is 9.95. The average Bonchev–Trinajstić information content (AvgIpc) is 2.85. The molecule has 17 heavy (non-hydrogen) atoms. The summed E-state index contributed by atoms with van der Waals surface area (Å²) in [5.41, 5.74) is 0.407. The molecule has 2 heterocycles. The molecule has 1 atom stereocenters. The first-order valence-electron chi connectivity index (χ1n) is 5.74. The normalized spacial score (nSPS) is 14.8. The van der Waals surface area contributed by atoms with Crippen molar-refractivity contribution in [3.8, 4) is 0 Å². The van der Waals surface area contributed by atoms with Crippen LogP contribution in [0.15, 0.2) is 23.8 Å². The van der Waals surface area contributed by atoms with Crippen molar-refractivity contribution >= 4 is 11.3 Å². The van der Waals surface area contributed by atoms with Crippen molar-refractivity contribution in [1.29, 1.82) is 0 Å². The first-order chi connectivity index (χ1) is 8.00. The fourth-order valence-corrected chi connectivity index (χ4v) is 3.05. The summed E-state index contributed by atoms with van der Waals surface area (Å²) in [4.78, 5) is 5.34. The van der Waals surface area contributed by atoms with E-state index >= 15 is 0 Å². The van der Waals surface area contributed by atoms with E-state index in [-0.39, 0.29) is 0 Å². The number of hydrogen-bond acceptors (Lipinski definition) is 3. The van der Waals surface area contributed by atoms with Gasteiger partial charge in [0.05, 0.1) is 5.60 Å². The molecule has 0 saturated heterocycles. The SMILES string of the molecule is Cc1ccsc1C(C)(O)CCc1nccn1C. The summed E-state index contributed by atoms with van der Waals surface area (Å²) in [6.45, 7) is 3.93. The van der Waals surface area contributed by atoms with Crippen LogP contribution in [-0.4, -0.2) is 14.7 Å². The molecular weight excluding hydrogens is 232 g/mol. The molecular formula is C13H18N2OS. The van der Waals surface area contributed by atoms with Gasteiger partial charge in [0.2, 0.25) is 0 Å². The lowest BCUT2D eigenvalue weighted by Crippen LogP contribution is -2.22. The van der Waals surface area contributed by atoms with E-state index in [4.69, 9.17) is 0 Å². The van der Waals surface area contributed by atoms with E-state index in [1.54, 1.807) is 17.5 Å². The zero-order valence-electron chi connectivity index (χ0n) is 10.5.